The predicted molar refractivity (Wildman–Crippen MR) is 126 cm³/mol. The molecule has 0 bridgehead atoms. The number of aliphatic carboxylic acids is 1. The number of fused-ring (bicyclic) bond motifs is 3. The Morgan fingerprint density at radius 1 is 1.14 bits per heavy atom. The molecule has 8 nitrogen and oxygen atoms in total. The molecular formula is C26H21BrFNO7. The number of hydrogen-bond acceptors (Lipinski definition) is 6. The van der Waals surface area contributed by atoms with E-state index in [-0.39, 0.29) is 59.3 Å². The van der Waals surface area contributed by atoms with Crippen molar-refractivity contribution in [2.45, 2.75) is 31.6 Å². The number of imide groups is 1. The summed E-state index contributed by atoms with van der Waals surface area (Å²) in [5.74, 6) is -7.31. The number of hydrogen-bond donors (Lipinski definition) is 2. The molecule has 1 saturated heterocycles. The standard InChI is InChI=1S/C26H21BrFNO7/c27-16-10-18(30)22-15(23(16)33)9-14-11(20(22)12-3-1-4-17(28)24(12)34)6-7-13-21(14)26(36)29(25(13)35)8-2-5-19(31)32/h1,3-4,6,10,13-14,20-21,34H,2,5,7-9H2,(H,31,32). The van der Waals surface area contributed by atoms with Gasteiger partial charge in [-0.05, 0) is 47.2 Å². The van der Waals surface area contributed by atoms with E-state index in [9.17, 15) is 33.5 Å². The van der Waals surface area contributed by atoms with E-state index in [1.807, 2.05) is 0 Å². The van der Waals surface area contributed by atoms with Gasteiger partial charge in [-0.2, -0.15) is 0 Å². The summed E-state index contributed by atoms with van der Waals surface area (Å²) in [6.45, 7) is -0.0210. The van der Waals surface area contributed by atoms with Crippen molar-refractivity contribution in [2.24, 2.45) is 17.8 Å². The zero-order valence-corrected chi connectivity index (χ0v) is 20.5. The number of phenolic OH excluding ortho intramolecular Hbond substituents is 1. The topological polar surface area (TPSA) is 129 Å². The first-order valence-electron chi connectivity index (χ1n) is 11.5. The van der Waals surface area contributed by atoms with E-state index in [1.54, 1.807) is 6.08 Å². The van der Waals surface area contributed by atoms with Crippen LogP contribution in [0.5, 0.6) is 5.75 Å². The molecule has 0 aromatic heterocycles. The minimum absolute atomic E-state index is 0.0210. The number of carbonyl (C=O) groups excluding carboxylic acids is 4. The molecule has 5 rings (SSSR count). The van der Waals surface area contributed by atoms with Crippen molar-refractivity contribution in [3.63, 3.8) is 0 Å². The molecule has 0 radical (unpaired) electrons. The molecule has 1 aromatic rings. The highest BCUT2D eigenvalue weighted by Gasteiger charge is 2.56. The predicted octanol–water partition coefficient (Wildman–Crippen LogP) is 3.16. The van der Waals surface area contributed by atoms with E-state index >= 15 is 0 Å². The number of nitrogens with zero attached hydrogens (tertiary/aromatic N) is 1. The van der Waals surface area contributed by atoms with Crippen LogP contribution in [0.3, 0.4) is 0 Å². The third-order valence-electron chi connectivity index (χ3n) is 7.52. The Morgan fingerprint density at radius 3 is 2.61 bits per heavy atom. The van der Waals surface area contributed by atoms with Gasteiger partial charge < -0.3 is 10.2 Å². The second-order valence-corrected chi connectivity index (χ2v) is 10.3. The van der Waals surface area contributed by atoms with Gasteiger partial charge in [0.2, 0.25) is 11.8 Å². The maximum Gasteiger partial charge on any atom is 0.303 e. The van der Waals surface area contributed by atoms with E-state index in [0.717, 1.165) is 17.0 Å². The van der Waals surface area contributed by atoms with Crippen molar-refractivity contribution in [3.05, 3.63) is 62.9 Å². The number of carboxylic acids is 1. The highest BCUT2D eigenvalue weighted by atomic mass is 79.9. The summed E-state index contributed by atoms with van der Waals surface area (Å²) in [6, 6.07) is 3.96. The van der Waals surface area contributed by atoms with Crippen LogP contribution in [0.25, 0.3) is 0 Å². The number of allylic oxidation sites excluding steroid dienone is 6. The summed E-state index contributed by atoms with van der Waals surface area (Å²) in [5, 5.41) is 19.5. The SMILES string of the molecule is O=C(O)CCCN1C(=O)C2CC=C3C(c4cccc(F)c4O)C4=C(CC3C2C1=O)C(=O)C(Br)=CC4=O. The zero-order chi connectivity index (χ0) is 25.9. The number of aromatic hydroxyl groups is 1. The molecule has 1 aromatic carbocycles. The second kappa shape index (κ2) is 8.92. The average molecular weight is 558 g/mol. The Labute approximate surface area is 213 Å². The number of para-hydroxylation sites is 1. The van der Waals surface area contributed by atoms with Crippen LogP contribution < -0.4 is 0 Å². The van der Waals surface area contributed by atoms with Crippen molar-refractivity contribution in [1.82, 2.24) is 4.90 Å². The fraction of sp³-hybridized carbons (Fsp3) is 0.346. The van der Waals surface area contributed by atoms with Gasteiger partial charge in [-0.25, -0.2) is 4.39 Å². The normalized spacial score (nSPS) is 27.4. The summed E-state index contributed by atoms with van der Waals surface area (Å²) in [6.07, 6.45) is 3.11. The summed E-state index contributed by atoms with van der Waals surface area (Å²) in [7, 11) is 0. The maximum absolute atomic E-state index is 14.4. The number of benzene rings is 1. The number of carboxylic acid groups (broad SMARTS) is 1. The number of halogens is 2. The highest BCUT2D eigenvalue weighted by Crippen LogP contribution is 2.56. The lowest BCUT2D eigenvalue weighted by Crippen LogP contribution is -2.39. The molecule has 2 N–H and O–H groups in total. The van der Waals surface area contributed by atoms with Gasteiger partial charge >= 0.3 is 5.97 Å². The van der Waals surface area contributed by atoms with E-state index in [0.29, 0.717) is 5.57 Å². The van der Waals surface area contributed by atoms with Crippen LogP contribution in [0.15, 0.2) is 51.6 Å². The Hall–Kier alpha value is -3.40. The van der Waals surface area contributed by atoms with Gasteiger partial charge in [0, 0.05) is 41.7 Å². The maximum atomic E-state index is 14.4. The quantitative estimate of drug-likeness (QED) is 0.323. The number of carbonyl (C=O) groups is 5. The fourth-order valence-electron chi connectivity index (χ4n) is 6.00. The van der Waals surface area contributed by atoms with Crippen molar-refractivity contribution in [3.8, 4) is 5.75 Å². The van der Waals surface area contributed by atoms with Crippen LogP contribution in [-0.4, -0.2) is 51.0 Å². The van der Waals surface area contributed by atoms with Crippen molar-refractivity contribution >= 4 is 45.3 Å². The van der Waals surface area contributed by atoms with Gasteiger partial charge in [-0.3, -0.25) is 28.9 Å². The first-order valence-corrected chi connectivity index (χ1v) is 12.3. The van der Waals surface area contributed by atoms with Gasteiger partial charge in [0.15, 0.2) is 23.1 Å². The molecule has 1 fully saturated rings. The average Bonchev–Trinajstić information content (AvgIpc) is 3.08. The third-order valence-corrected chi connectivity index (χ3v) is 8.11. The van der Waals surface area contributed by atoms with Crippen molar-refractivity contribution in [1.29, 1.82) is 0 Å². The molecule has 0 spiro atoms. The van der Waals surface area contributed by atoms with Gasteiger partial charge in [-0.1, -0.05) is 23.8 Å². The largest absolute Gasteiger partial charge is 0.505 e. The molecule has 4 atom stereocenters. The Bertz CT molecular complexity index is 1340. The molecule has 186 valence electrons. The number of phenols is 1. The Morgan fingerprint density at radius 2 is 1.89 bits per heavy atom. The molecule has 2 amide bonds. The van der Waals surface area contributed by atoms with Crippen LogP contribution in [0.1, 0.15) is 37.2 Å². The lowest BCUT2D eigenvalue weighted by molar-refractivity contribution is -0.142. The van der Waals surface area contributed by atoms with E-state index in [2.05, 4.69) is 15.9 Å². The molecule has 1 heterocycles. The Kier molecular flexibility index (Phi) is 6.02. The van der Waals surface area contributed by atoms with Gasteiger partial charge in [0.25, 0.3) is 0 Å². The number of likely N-dealkylation sites (tertiary alicyclic amines) is 1. The minimum atomic E-state index is -1.03. The van der Waals surface area contributed by atoms with E-state index in [4.69, 9.17) is 5.11 Å². The minimum Gasteiger partial charge on any atom is -0.505 e. The van der Waals surface area contributed by atoms with Crippen molar-refractivity contribution in [2.75, 3.05) is 6.54 Å². The first kappa shape index (κ1) is 24.3. The molecular weight excluding hydrogens is 537 g/mol. The molecule has 0 saturated carbocycles. The third kappa shape index (κ3) is 3.66. The number of ketones is 2. The summed E-state index contributed by atoms with van der Waals surface area (Å²) in [5.41, 5.74) is 1.02. The molecule has 1 aliphatic heterocycles. The number of amides is 2. The lowest BCUT2D eigenvalue weighted by atomic mass is 9.59. The molecule has 4 unspecified atom stereocenters. The monoisotopic (exact) mass is 557 g/mol. The van der Waals surface area contributed by atoms with Gasteiger partial charge in [0.1, 0.15) is 0 Å². The van der Waals surface area contributed by atoms with Crippen LogP contribution in [-0.2, 0) is 24.0 Å². The summed E-state index contributed by atoms with van der Waals surface area (Å²) in [4.78, 5) is 64.8. The number of rotatable bonds is 5. The molecule has 10 heteroatoms. The van der Waals surface area contributed by atoms with Gasteiger partial charge in [0.05, 0.1) is 16.3 Å². The van der Waals surface area contributed by atoms with Crippen LogP contribution in [0.2, 0.25) is 0 Å². The second-order valence-electron chi connectivity index (χ2n) is 9.40. The molecule has 4 aliphatic rings. The van der Waals surface area contributed by atoms with Gasteiger partial charge in [-0.15, -0.1) is 0 Å². The first-order chi connectivity index (χ1) is 17.1. The summed E-state index contributed by atoms with van der Waals surface area (Å²) < 4.78 is 14.4. The summed E-state index contributed by atoms with van der Waals surface area (Å²) >= 11 is 3.13. The smallest absolute Gasteiger partial charge is 0.303 e. The number of Topliss-reactive ketones (excluding diaryl/α,β-unsaturated/α-hetero) is 1. The van der Waals surface area contributed by atoms with Crippen LogP contribution in [0.4, 0.5) is 4.39 Å². The van der Waals surface area contributed by atoms with Crippen LogP contribution in [0, 0.1) is 23.6 Å². The molecule has 3 aliphatic carbocycles. The van der Waals surface area contributed by atoms with E-state index in [1.165, 1.54) is 12.1 Å². The lowest BCUT2D eigenvalue weighted by Gasteiger charge is -2.42. The Balaban J connectivity index is 1.60. The molecule has 36 heavy (non-hydrogen) atoms. The fourth-order valence-corrected chi connectivity index (χ4v) is 6.45. The van der Waals surface area contributed by atoms with E-state index < -0.39 is 58.7 Å². The zero-order valence-electron chi connectivity index (χ0n) is 18.9. The van der Waals surface area contributed by atoms with Crippen molar-refractivity contribution < 1.29 is 38.6 Å². The van der Waals surface area contributed by atoms with Crippen LogP contribution >= 0.6 is 15.9 Å². The highest BCUT2D eigenvalue weighted by molar-refractivity contribution is 9.12.